The summed E-state index contributed by atoms with van der Waals surface area (Å²) in [6.07, 6.45) is 8.78. The molecule has 10 heteroatoms. The van der Waals surface area contributed by atoms with Crippen molar-refractivity contribution in [3.05, 3.63) is 102 Å². The summed E-state index contributed by atoms with van der Waals surface area (Å²) >= 11 is 0. The number of aromatic nitrogens is 2. The number of rotatable bonds is 11. The van der Waals surface area contributed by atoms with E-state index < -0.39 is 11.6 Å². The highest BCUT2D eigenvalue weighted by Gasteiger charge is 2.52. The van der Waals surface area contributed by atoms with Gasteiger partial charge in [0.1, 0.15) is 17.3 Å². The Morgan fingerprint density at radius 1 is 0.891 bits per heavy atom. The normalized spacial score (nSPS) is 15.3. The third kappa shape index (κ3) is 5.56. The van der Waals surface area contributed by atoms with E-state index in [-0.39, 0.29) is 18.4 Å². The molecule has 2 atom stereocenters. The number of para-hydroxylation sites is 1. The van der Waals surface area contributed by atoms with Crippen LogP contribution >= 0.6 is 0 Å². The average molecular weight is 622 g/mol. The molecular formula is C36H39N5O5. The smallest absolute Gasteiger partial charge is 0.232 e. The van der Waals surface area contributed by atoms with Gasteiger partial charge in [0.2, 0.25) is 11.8 Å². The average Bonchev–Trinajstić information content (AvgIpc) is 3.71. The molecule has 3 aromatic carbocycles. The highest BCUT2D eigenvalue weighted by atomic mass is 16.5. The molecule has 2 aromatic heterocycles. The Bertz CT molecular complexity index is 1910. The lowest BCUT2D eigenvalue weighted by Crippen LogP contribution is -2.64. The molecule has 6 rings (SSSR count). The number of carbonyl (C=O) groups excluding carboxylic acids is 2. The Kier molecular flexibility index (Phi) is 8.72. The van der Waals surface area contributed by atoms with Crippen molar-refractivity contribution in [1.82, 2.24) is 25.5 Å². The lowest BCUT2D eigenvalue weighted by Gasteiger charge is -2.49. The molecule has 2 unspecified atom stereocenters. The van der Waals surface area contributed by atoms with E-state index in [0.717, 1.165) is 44.9 Å². The summed E-state index contributed by atoms with van der Waals surface area (Å²) in [4.78, 5) is 37.3. The van der Waals surface area contributed by atoms with E-state index in [1.165, 1.54) is 6.92 Å². The lowest BCUT2D eigenvalue weighted by atomic mass is 9.77. The molecule has 0 radical (unpaired) electrons. The van der Waals surface area contributed by atoms with Gasteiger partial charge in [0.15, 0.2) is 11.5 Å². The maximum absolute atomic E-state index is 15.0. The van der Waals surface area contributed by atoms with Crippen molar-refractivity contribution in [2.45, 2.75) is 31.5 Å². The number of carbonyl (C=O) groups is 2. The Labute approximate surface area is 267 Å². The number of H-pyrrole nitrogens is 2. The second-order valence-electron chi connectivity index (χ2n) is 11.4. The number of benzene rings is 3. The van der Waals surface area contributed by atoms with Crippen LogP contribution in [0.2, 0.25) is 0 Å². The summed E-state index contributed by atoms with van der Waals surface area (Å²) < 4.78 is 16.5. The number of aromatic amines is 2. The first kappa shape index (κ1) is 30.8. The van der Waals surface area contributed by atoms with E-state index in [0.29, 0.717) is 30.3 Å². The number of hydrogen-bond donors (Lipinski definition) is 4. The van der Waals surface area contributed by atoms with Gasteiger partial charge in [-0.15, -0.1) is 0 Å². The number of methoxy groups -OCH3 is 3. The van der Waals surface area contributed by atoms with Crippen molar-refractivity contribution in [3.8, 4) is 17.2 Å². The third-order valence-corrected chi connectivity index (χ3v) is 8.75. The lowest BCUT2D eigenvalue weighted by molar-refractivity contribution is -0.132. The fourth-order valence-corrected chi connectivity index (χ4v) is 6.67. The number of hydrogen-bond acceptors (Lipinski definition) is 6. The van der Waals surface area contributed by atoms with E-state index in [9.17, 15) is 9.59 Å². The van der Waals surface area contributed by atoms with Crippen molar-refractivity contribution in [2.24, 2.45) is 0 Å². The molecule has 2 amide bonds. The fourth-order valence-electron chi connectivity index (χ4n) is 6.67. The van der Waals surface area contributed by atoms with E-state index in [4.69, 9.17) is 14.2 Å². The molecule has 0 aliphatic carbocycles. The summed E-state index contributed by atoms with van der Waals surface area (Å²) in [5, 5.41) is 8.30. The van der Waals surface area contributed by atoms with Gasteiger partial charge in [-0.2, -0.15) is 0 Å². The number of nitrogens with one attached hydrogen (secondary N) is 4. The van der Waals surface area contributed by atoms with E-state index in [1.54, 1.807) is 21.3 Å². The van der Waals surface area contributed by atoms with E-state index in [1.807, 2.05) is 73.1 Å². The first-order chi connectivity index (χ1) is 22.4. The van der Waals surface area contributed by atoms with Crippen LogP contribution in [0.3, 0.4) is 0 Å². The molecule has 0 bridgehead atoms. The van der Waals surface area contributed by atoms with Gasteiger partial charge in [0.25, 0.3) is 0 Å². The maximum Gasteiger partial charge on any atom is 0.232 e. The van der Waals surface area contributed by atoms with E-state index in [2.05, 4.69) is 37.7 Å². The Morgan fingerprint density at radius 2 is 1.67 bits per heavy atom. The standard InChI is InChI=1S/C36H39N5O5/c1-23(42)40-36(41-16-8-5-9-17-41,29-22-38-30-11-7-6-10-26(29)30)34(28-21-37-31-14-13-25(44-2)19-27(28)31)35(43)39-20-24-12-15-32(45-3)33(18-24)46-4/h5-8,10-15,18-19,21-22,34,37-38H,9,16-17,20H2,1-4H3,(H,39,43)(H,40,42). The first-order valence-electron chi connectivity index (χ1n) is 15.3. The van der Waals surface area contributed by atoms with Gasteiger partial charge in [-0.3, -0.25) is 14.5 Å². The van der Waals surface area contributed by atoms with E-state index >= 15 is 0 Å². The summed E-state index contributed by atoms with van der Waals surface area (Å²) in [5.41, 5.74) is 2.84. The van der Waals surface area contributed by atoms with Crippen LogP contribution in [0.4, 0.5) is 0 Å². The Hall–Kier alpha value is -5.22. The van der Waals surface area contributed by atoms with Crippen molar-refractivity contribution < 1.29 is 23.8 Å². The molecule has 10 nitrogen and oxygen atoms in total. The van der Waals surface area contributed by atoms with Gasteiger partial charge >= 0.3 is 0 Å². The summed E-state index contributed by atoms with van der Waals surface area (Å²) in [7, 11) is 4.79. The van der Waals surface area contributed by atoms with Gasteiger partial charge < -0.3 is 34.8 Å². The van der Waals surface area contributed by atoms with Crippen LogP contribution in [0.1, 0.15) is 36.0 Å². The van der Waals surface area contributed by atoms with Crippen LogP contribution in [0.25, 0.3) is 21.8 Å². The zero-order chi connectivity index (χ0) is 32.3. The van der Waals surface area contributed by atoms with Gasteiger partial charge in [0.05, 0.1) is 21.3 Å². The third-order valence-electron chi connectivity index (χ3n) is 8.75. The highest BCUT2D eigenvalue weighted by Crippen LogP contribution is 2.46. The largest absolute Gasteiger partial charge is 0.497 e. The zero-order valence-corrected chi connectivity index (χ0v) is 26.5. The monoisotopic (exact) mass is 621 g/mol. The van der Waals surface area contributed by atoms with Gasteiger partial charge in [-0.1, -0.05) is 36.4 Å². The summed E-state index contributed by atoms with van der Waals surface area (Å²) in [6, 6.07) is 19.3. The number of fused-ring (bicyclic) bond motifs is 2. The summed E-state index contributed by atoms with van der Waals surface area (Å²) in [5.74, 6) is 0.424. The molecule has 1 aliphatic heterocycles. The fraction of sp³-hybridized carbons (Fsp3) is 0.278. The molecule has 238 valence electrons. The van der Waals surface area contributed by atoms with Gasteiger partial charge in [-0.25, -0.2) is 0 Å². The minimum Gasteiger partial charge on any atom is -0.497 e. The van der Waals surface area contributed by atoms with Crippen LogP contribution in [-0.4, -0.2) is 61.1 Å². The van der Waals surface area contributed by atoms with Gasteiger partial charge in [-0.05, 0) is 53.9 Å². The molecular weight excluding hydrogens is 582 g/mol. The molecule has 5 aromatic rings. The Balaban J connectivity index is 1.57. The minimum atomic E-state index is -1.28. The maximum atomic E-state index is 15.0. The second-order valence-corrected chi connectivity index (χ2v) is 11.4. The van der Waals surface area contributed by atoms with Gasteiger partial charge in [0, 0.05) is 66.3 Å². The van der Waals surface area contributed by atoms with Crippen LogP contribution < -0.4 is 24.8 Å². The topological polar surface area (TPSA) is 121 Å². The van der Waals surface area contributed by atoms with Crippen molar-refractivity contribution >= 4 is 33.6 Å². The summed E-state index contributed by atoms with van der Waals surface area (Å²) in [6.45, 7) is 2.89. The minimum absolute atomic E-state index is 0.227. The number of amides is 2. The van der Waals surface area contributed by atoms with Crippen LogP contribution in [0.15, 0.2) is 85.2 Å². The van der Waals surface area contributed by atoms with Crippen molar-refractivity contribution in [3.63, 3.8) is 0 Å². The van der Waals surface area contributed by atoms with Crippen LogP contribution in [0, 0.1) is 0 Å². The first-order valence-corrected chi connectivity index (χ1v) is 15.3. The SMILES string of the molecule is COc1ccc2[nH]cc(C(C(=O)NCc3ccc(OC)c(OC)c3)C(NC(C)=O)(c3c[nH]c4ccccc34)N3CC=CCC3)c2c1. The molecule has 46 heavy (non-hydrogen) atoms. The van der Waals surface area contributed by atoms with Crippen molar-refractivity contribution in [2.75, 3.05) is 34.4 Å². The molecule has 0 fully saturated rings. The zero-order valence-electron chi connectivity index (χ0n) is 26.5. The van der Waals surface area contributed by atoms with Crippen LogP contribution in [-0.2, 0) is 21.8 Å². The Morgan fingerprint density at radius 3 is 2.41 bits per heavy atom. The second kappa shape index (κ2) is 13.0. The highest BCUT2D eigenvalue weighted by molar-refractivity contribution is 5.96. The molecule has 0 saturated heterocycles. The molecule has 0 saturated carbocycles. The van der Waals surface area contributed by atoms with Crippen LogP contribution in [0.5, 0.6) is 17.2 Å². The number of ether oxygens (including phenoxy) is 3. The number of nitrogens with zero attached hydrogens (tertiary/aromatic N) is 1. The molecule has 3 heterocycles. The van der Waals surface area contributed by atoms with Crippen molar-refractivity contribution in [1.29, 1.82) is 0 Å². The molecule has 0 spiro atoms. The predicted molar refractivity (Wildman–Crippen MR) is 178 cm³/mol. The predicted octanol–water partition coefficient (Wildman–Crippen LogP) is 5.33. The quantitative estimate of drug-likeness (QED) is 0.148. The molecule has 1 aliphatic rings. The molecule has 4 N–H and O–H groups in total.